The van der Waals surface area contributed by atoms with E-state index in [9.17, 15) is 4.79 Å². The fraction of sp³-hybridized carbons (Fsp3) is 0.667. The van der Waals surface area contributed by atoms with Crippen LogP contribution in [0, 0.1) is 5.92 Å². The fourth-order valence-corrected chi connectivity index (χ4v) is 2.38. The van der Waals surface area contributed by atoms with Crippen LogP contribution < -0.4 is 5.32 Å². The van der Waals surface area contributed by atoms with Gasteiger partial charge in [0.25, 0.3) is 0 Å². The average Bonchev–Trinajstić information content (AvgIpc) is 2.73. The molecule has 1 heterocycles. The Hall–Kier alpha value is -0.850. The molecule has 0 unspecified atom stereocenters. The molecule has 0 aliphatic heterocycles. The molecule has 1 rings (SSSR count). The van der Waals surface area contributed by atoms with Gasteiger partial charge in [0.15, 0.2) is 15.2 Å². The van der Waals surface area contributed by atoms with Gasteiger partial charge in [0, 0.05) is 13.2 Å². The number of carbonyl (C=O) groups excluding carboxylic acids is 1. The van der Waals surface area contributed by atoms with Gasteiger partial charge in [-0.25, -0.2) is 9.78 Å². The molecule has 0 saturated heterocycles. The largest absolute Gasteiger partial charge is 0.465 e. The van der Waals surface area contributed by atoms with Crippen LogP contribution in [-0.4, -0.2) is 37.8 Å². The van der Waals surface area contributed by atoms with Crippen molar-refractivity contribution < 1.29 is 14.3 Å². The van der Waals surface area contributed by atoms with E-state index >= 15 is 0 Å². The molecular weight excluding hydrogens is 288 g/mol. The van der Waals surface area contributed by atoms with E-state index in [1.54, 1.807) is 0 Å². The number of carbonyl (C=O) groups is 1. The van der Waals surface area contributed by atoms with Gasteiger partial charge in [-0.1, -0.05) is 36.8 Å². The van der Waals surface area contributed by atoms with Gasteiger partial charge in [-0.2, -0.15) is 0 Å². The van der Waals surface area contributed by atoms with Gasteiger partial charge in [-0.3, -0.25) is 0 Å². The molecule has 0 aliphatic carbocycles. The van der Waals surface area contributed by atoms with Gasteiger partial charge in [0.05, 0.1) is 13.7 Å². The highest BCUT2D eigenvalue weighted by Gasteiger charge is 2.16. The molecule has 0 fully saturated rings. The quantitative estimate of drug-likeness (QED) is 0.591. The average molecular weight is 307 g/mol. The highest BCUT2D eigenvalue weighted by molar-refractivity contribution is 7.18. The van der Waals surface area contributed by atoms with Crippen molar-refractivity contribution in [2.45, 2.75) is 20.3 Å². The predicted octanol–water partition coefficient (Wildman–Crippen LogP) is 3.06. The molecule has 0 bridgehead atoms. The maximum absolute atomic E-state index is 11.3. The third-order valence-corrected chi connectivity index (χ3v) is 3.70. The molecule has 19 heavy (non-hydrogen) atoms. The zero-order valence-corrected chi connectivity index (χ0v) is 12.9. The van der Waals surface area contributed by atoms with E-state index in [2.05, 4.69) is 28.9 Å². The standard InChI is InChI=1S/C12H19ClN2O3S/c1-8(2)4-6-18-7-5-14-12-15-10(13)9(19-12)11(16)17-3/h8H,4-7H2,1-3H3,(H,14,15). The van der Waals surface area contributed by atoms with Gasteiger partial charge < -0.3 is 14.8 Å². The van der Waals surface area contributed by atoms with Crippen molar-refractivity contribution in [3.8, 4) is 0 Å². The lowest BCUT2D eigenvalue weighted by Gasteiger charge is -2.06. The van der Waals surface area contributed by atoms with E-state index in [0.717, 1.165) is 13.0 Å². The van der Waals surface area contributed by atoms with Crippen molar-refractivity contribution in [3.63, 3.8) is 0 Å². The van der Waals surface area contributed by atoms with E-state index in [1.165, 1.54) is 18.4 Å². The number of nitrogens with zero attached hydrogens (tertiary/aromatic N) is 1. The van der Waals surface area contributed by atoms with Crippen LogP contribution in [0.25, 0.3) is 0 Å². The van der Waals surface area contributed by atoms with E-state index in [-0.39, 0.29) is 5.15 Å². The monoisotopic (exact) mass is 306 g/mol. The van der Waals surface area contributed by atoms with Crippen molar-refractivity contribution in [3.05, 3.63) is 10.0 Å². The Bertz CT molecular complexity index is 410. The Morgan fingerprint density at radius 2 is 2.21 bits per heavy atom. The highest BCUT2D eigenvalue weighted by Crippen LogP contribution is 2.27. The smallest absolute Gasteiger partial charge is 0.351 e. The molecule has 5 nitrogen and oxygen atoms in total. The lowest BCUT2D eigenvalue weighted by Crippen LogP contribution is -2.10. The number of hydrogen-bond donors (Lipinski definition) is 1. The molecular formula is C12H19ClN2O3S. The Morgan fingerprint density at radius 3 is 2.84 bits per heavy atom. The Balaban J connectivity index is 2.28. The summed E-state index contributed by atoms with van der Waals surface area (Å²) in [6, 6.07) is 0. The number of halogens is 1. The zero-order chi connectivity index (χ0) is 14.3. The Kier molecular flexibility index (Phi) is 7.12. The third kappa shape index (κ3) is 5.76. The second kappa shape index (κ2) is 8.35. The third-order valence-electron chi connectivity index (χ3n) is 2.32. The number of ether oxygens (including phenoxy) is 2. The van der Waals surface area contributed by atoms with Crippen LogP contribution >= 0.6 is 22.9 Å². The van der Waals surface area contributed by atoms with Crippen LogP contribution in [0.5, 0.6) is 0 Å². The summed E-state index contributed by atoms with van der Waals surface area (Å²) in [4.78, 5) is 15.7. The molecule has 7 heteroatoms. The Labute approximate surface area is 122 Å². The molecule has 0 aliphatic rings. The number of esters is 1. The van der Waals surface area contributed by atoms with Crippen LogP contribution in [0.3, 0.4) is 0 Å². The van der Waals surface area contributed by atoms with Crippen molar-refractivity contribution in [1.82, 2.24) is 4.98 Å². The second-order valence-electron chi connectivity index (χ2n) is 4.35. The van der Waals surface area contributed by atoms with Gasteiger partial charge >= 0.3 is 5.97 Å². The van der Waals surface area contributed by atoms with Crippen LogP contribution in [0.4, 0.5) is 5.13 Å². The molecule has 0 amide bonds. The SMILES string of the molecule is COC(=O)c1sc(NCCOCCC(C)C)nc1Cl. The first-order chi connectivity index (χ1) is 9.04. The van der Waals surface area contributed by atoms with E-state index in [0.29, 0.717) is 29.1 Å². The molecule has 0 aromatic carbocycles. The van der Waals surface area contributed by atoms with Gasteiger partial charge in [0.1, 0.15) is 0 Å². The summed E-state index contributed by atoms with van der Waals surface area (Å²) in [7, 11) is 1.31. The van der Waals surface area contributed by atoms with Crippen molar-refractivity contribution in [1.29, 1.82) is 0 Å². The van der Waals surface area contributed by atoms with Gasteiger partial charge in [-0.05, 0) is 12.3 Å². The molecule has 0 spiro atoms. The number of hydrogen-bond acceptors (Lipinski definition) is 6. The minimum Gasteiger partial charge on any atom is -0.465 e. The van der Waals surface area contributed by atoms with E-state index < -0.39 is 5.97 Å². The minimum absolute atomic E-state index is 0.167. The van der Waals surface area contributed by atoms with Crippen molar-refractivity contribution in [2.24, 2.45) is 5.92 Å². The number of thiazole rings is 1. The zero-order valence-electron chi connectivity index (χ0n) is 11.4. The Morgan fingerprint density at radius 1 is 1.47 bits per heavy atom. The lowest BCUT2D eigenvalue weighted by atomic mass is 10.1. The maximum Gasteiger partial charge on any atom is 0.351 e. The summed E-state index contributed by atoms with van der Waals surface area (Å²) in [6.07, 6.45) is 1.05. The highest BCUT2D eigenvalue weighted by atomic mass is 35.5. The van der Waals surface area contributed by atoms with Crippen LogP contribution in [0.15, 0.2) is 0 Å². The summed E-state index contributed by atoms with van der Waals surface area (Å²) >= 11 is 7.02. The van der Waals surface area contributed by atoms with Crippen molar-refractivity contribution in [2.75, 3.05) is 32.2 Å². The van der Waals surface area contributed by atoms with Crippen LogP contribution in [0.2, 0.25) is 5.15 Å². The topological polar surface area (TPSA) is 60.5 Å². The first kappa shape index (κ1) is 16.2. The van der Waals surface area contributed by atoms with Crippen LogP contribution in [-0.2, 0) is 9.47 Å². The number of methoxy groups -OCH3 is 1. The van der Waals surface area contributed by atoms with E-state index in [4.69, 9.17) is 16.3 Å². The predicted molar refractivity (Wildman–Crippen MR) is 77.2 cm³/mol. The second-order valence-corrected chi connectivity index (χ2v) is 5.71. The molecule has 0 saturated carbocycles. The summed E-state index contributed by atoms with van der Waals surface area (Å²) in [5.74, 6) is 0.178. The molecule has 0 radical (unpaired) electrons. The fourth-order valence-electron chi connectivity index (χ4n) is 1.25. The summed E-state index contributed by atoms with van der Waals surface area (Å²) in [6.45, 7) is 6.30. The maximum atomic E-state index is 11.3. The van der Waals surface area contributed by atoms with Crippen molar-refractivity contribution >= 4 is 34.0 Å². The molecule has 1 N–H and O–H groups in total. The summed E-state index contributed by atoms with van der Waals surface area (Å²) < 4.78 is 10.1. The number of nitrogens with one attached hydrogen (secondary N) is 1. The molecule has 1 aromatic rings. The number of aromatic nitrogens is 1. The summed E-state index contributed by atoms with van der Waals surface area (Å²) in [5.41, 5.74) is 0. The minimum atomic E-state index is -0.469. The van der Waals surface area contributed by atoms with Gasteiger partial charge in [0.2, 0.25) is 0 Å². The molecule has 0 atom stereocenters. The van der Waals surface area contributed by atoms with Gasteiger partial charge in [-0.15, -0.1) is 0 Å². The lowest BCUT2D eigenvalue weighted by molar-refractivity contribution is 0.0606. The first-order valence-corrected chi connectivity index (χ1v) is 7.30. The number of rotatable bonds is 8. The normalized spacial score (nSPS) is 10.8. The summed E-state index contributed by atoms with van der Waals surface area (Å²) in [5, 5.41) is 3.83. The molecule has 1 aromatic heterocycles. The van der Waals surface area contributed by atoms with E-state index in [1.807, 2.05) is 0 Å². The first-order valence-electron chi connectivity index (χ1n) is 6.10. The number of anilines is 1. The van der Waals surface area contributed by atoms with Crippen LogP contribution in [0.1, 0.15) is 29.9 Å². The molecule has 108 valence electrons.